The maximum Gasteiger partial charge on any atom is 0.240 e. The summed E-state index contributed by atoms with van der Waals surface area (Å²) in [6, 6.07) is 10.9. The number of piperidine rings is 1. The zero-order valence-corrected chi connectivity index (χ0v) is 18.3. The van der Waals surface area contributed by atoms with Crippen molar-refractivity contribution in [3.8, 4) is 5.75 Å². The minimum absolute atomic E-state index is 0.291. The lowest BCUT2D eigenvalue weighted by atomic mass is 9.97. The lowest BCUT2D eigenvalue weighted by molar-refractivity contribution is 0.180. The first kappa shape index (κ1) is 21.3. The summed E-state index contributed by atoms with van der Waals surface area (Å²) in [5.74, 6) is 1.52. The highest BCUT2D eigenvalue weighted by atomic mass is 32.2. The fourth-order valence-electron chi connectivity index (χ4n) is 3.26. The van der Waals surface area contributed by atoms with E-state index < -0.39 is 10.0 Å². The minimum Gasteiger partial charge on any atom is -0.493 e. The average molecular weight is 423 g/mol. The smallest absolute Gasteiger partial charge is 0.240 e. The van der Waals surface area contributed by atoms with Crippen molar-refractivity contribution in [2.24, 2.45) is 11.8 Å². The molecule has 2 aromatic rings. The number of hydrogen-bond acceptors (Lipinski definition) is 5. The van der Waals surface area contributed by atoms with Crippen LogP contribution in [0.5, 0.6) is 5.75 Å². The molecule has 0 atom stereocenters. The van der Waals surface area contributed by atoms with Gasteiger partial charge in [0.05, 0.1) is 11.5 Å². The van der Waals surface area contributed by atoms with Gasteiger partial charge in [-0.3, -0.25) is 4.90 Å². The molecular formula is C21H30N2O3S2. The molecule has 1 N–H and O–H groups in total. The predicted octanol–water partition coefficient (Wildman–Crippen LogP) is 3.97. The third-order valence-corrected chi connectivity index (χ3v) is 7.25. The molecule has 1 fully saturated rings. The molecular weight excluding hydrogens is 392 g/mol. The molecule has 7 heteroatoms. The molecule has 0 spiro atoms. The number of rotatable bonds is 9. The van der Waals surface area contributed by atoms with E-state index in [1.165, 1.54) is 4.88 Å². The summed E-state index contributed by atoms with van der Waals surface area (Å²) < 4.78 is 33.5. The van der Waals surface area contributed by atoms with Crippen molar-refractivity contribution in [3.63, 3.8) is 0 Å². The zero-order valence-electron chi connectivity index (χ0n) is 16.6. The molecule has 154 valence electrons. The maximum absolute atomic E-state index is 12.6. The highest BCUT2D eigenvalue weighted by molar-refractivity contribution is 7.89. The molecule has 0 aliphatic carbocycles. The third-order valence-electron chi connectivity index (χ3n) is 4.95. The van der Waals surface area contributed by atoms with Crippen LogP contribution in [0.2, 0.25) is 0 Å². The van der Waals surface area contributed by atoms with Crippen molar-refractivity contribution in [2.75, 3.05) is 26.2 Å². The molecule has 0 saturated carbocycles. The Bertz CT molecular complexity index is 810. The fraction of sp³-hybridized carbons (Fsp3) is 0.524. The molecule has 1 aromatic carbocycles. The second kappa shape index (κ2) is 9.87. The number of ether oxygens (including phenoxy) is 1. The van der Waals surface area contributed by atoms with Crippen LogP contribution < -0.4 is 9.46 Å². The summed E-state index contributed by atoms with van der Waals surface area (Å²) in [4.78, 5) is 4.13. The van der Waals surface area contributed by atoms with Crippen LogP contribution >= 0.6 is 11.3 Å². The second-order valence-corrected chi connectivity index (χ2v) is 10.6. The van der Waals surface area contributed by atoms with Gasteiger partial charge in [0.25, 0.3) is 0 Å². The van der Waals surface area contributed by atoms with Gasteiger partial charge in [0.1, 0.15) is 5.75 Å². The van der Waals surface area contributed by atoms with E-state index in [9.17, 15) is 8.42 Å². The van der Waals surface area contributed by atoms with Gasteiger partial charge in [0.15, 0.2) is 0 Å². The Morgan fingerprint density at radius 3 is 2.50 bits per heavy atom. The van der Waals surface area contributed by atoms with Crippen molar-refractivity contribution in [1.29, 1.82) is 0 Å². The SMILES string of the molecule is CC(C)COc1ccc(S(=O)(=O)NCC2CCN(Cc3cccs3)CC2)cc1. The van der Waals surface area contributed by atoms with E-state index in [2.05, 4.69) is 41.0 Å². The van der Waals surface area contributed by atoms with E-state index in [4.69, 9.17) is 4.74 Å². The van der Waals surface area contributed by atoms with Crippen molar-refractivity contribution in [2.45, 2.75) is 38.1 Å². The van der Waals surface area contributed by atoms with E-state index in [1.807, 2.05) is 0 Å². The minimum atomic E-state index is -3.48. The molecule has 0 bridgehead atoms. The summed E-state index contributed by atoms with van der Waals surface area (Å²) in [5, 5.41) is 2.11. The first-order valence-corrected chi connectivity index (χ1v) is 12.3. The van der Waals surface area contributed by atoms with Gasteiger partial charge in [-0.05, 0) is 73.5 Å². The van der Waals surface area contributed by atoms with E-state index in [-0.39, 0.29) is 0 Å². The Balaban J connectivity index is 1.44. The average Bonchev–Trinajstić information content (AvgIpc) is 3.19. The van der Waals surface area contributed by atoms with E-state index in [1.54, 1.807) is 35.6 Å². The lowest BCUT2D eigenvalue weighted by Crippen LogP contribution is -2.38. The van der Waals surface area contributed by atoms with Crippen LogP contribution in [-0.2, 0) is 16.6 Å². The molecule has 1 aliphatic rings. The number of hydrogen-bond donors (Lipinski definition) is 1. The van der Waals surface area contributed by atoms with Crippen LogP contribution in [0.25, 0.3) is 0 Å². The van der Waals surface area contributed by atoms with E-state index >= 15 is 0 Å². The monoisotopic (exact) mass is 422 g/mol. The normalized spacial score (nSPS) is 16.5. The molecule has 1 aromatic heterocycles. The molecule has 0 radical (unpaired) electrons. The highest BCUT2D eigenvalue weighted by Gasteiger charge is 2.22. The maximum atomic E-state index is 12.6. The second-order valence-electron chi connectivity index (χ2n) is 7.83. The molecule has 2 heterocycles. The highest BCUT2D eigenvalue weighted by Crippen LogP contribution is 2.21. The van der Waals surface area contributed by atoms with E-state index in [0.717, 1.165) is 32.5 Å². The zero-order chi connectivity index (χ0) is 20.0. The number of nitrogens with one attached hydrogen (secondary N) is 1. The van der Waals surface area contributed by atoms with Crippen molar-refractivity contribution in [3.05, 3.63) is 46.7 Å². The number of benzene rings is 1. The summed E-state index contributed by atoms with van der Waals surface area (Å²) >= 11 is 1.79. The van der Waals surface area contributed by atoms with Crippen LogP contribution in [0, 0.1) is 11.8 Å². The molecule has 3 rings (SSSR count). The van der Waals surface area contributed by atoms with Gasteiger partial charge in [0.2, 0.25) is 10.0 Å². The van der Waals surface area contributed by atoms with Crippen molar-refractivity contribution < 1.29 is 13.2 Å². The lowest BCUT2D eigenvalue weighted by Gasteiger charge is -2.31. The molecule has 28 heavy (non-hydrogen) atoms. The summed E-state index contributed by atoms with van der Waals surface area (Å²) in [6.07, 6.45) is 2.05. The first-order valence-electron chi connectivity index (χ1n) is 9.89. The molecule has 1 saturated heterocycles. The summed E-state index contributed by atoms with van der Waals surface area (Å²) in [7, 11) is -3.48. The van der Waals surface area contributed by atoms with Gasteiger partial charge < -0.3 is 4.74 Å². The Morgan fingerprint density at radius 1 is 1.18 bits per heavy atom. The van der Waals surface area contributed by atoms with Crippen molar-refractivity contribution >= 4 is 21.4 Å². The van der Waals surface area contributed by atoms with Gasteiger partial charge in [-0.15, -0.1) is 11.3 Å². The molecule has 5 nitrogen and oxygen atoms in total. The Hall–Kier alpha value is -1.41. The van der Waals surface area contributed by atoms with Crippen LogP contribution in [0.15, 0.2) is 46.7 Å². The van der Waals surface area contributed by atoms with Gasteiger partial charge in [-0.1, -0.05) is 19.9 Å². The van der Waals surface area contributed by atoms with Gasteiger partial charge in [-0.2, -0.15) is 0 Å². The van der Waals surface area contributed by atoms with Crippen LogP contribution in [0.3, 0.4) is 0 Å². The number of likely N-dealkylation sites (tertiary alicyclic amines) is 1. The van der Waals surface area contributed by atoms with Crippen LogP contribution in [-0.4, -0.2) is 39.6 Å². The standard InChI is InChI=1S/C21H30N2O3S2/c1-17(2)16-26-19-5-7-21(8-6-19)28(24,25)22-14-18-9-11-23(12-10-18)15-20-4-3-13-27-20/h3-8,13,17-18,22H,9-12,14-16H2,1-2H3. The van der Waals surface area contributed by atoms with Crippen LogP contribution in [0.1, 0.15) is 31.6 Å². The van der Waals surface area contributed by atoms with Gasteiger partial charge in [-0.25, -0.2) is 13.1 Å². The third kappa shape index (κ3) is 6.30. The molecule has 1 aliphatic heterocycles. The fourth-order valence-corrected chi connectivity index (χ4v) is 5.12. The number of sulfonamides is 1. The van der Waals surface area contributed by atoms with Crippen LogP contribution in [0.4, 0.5) is 0 Å². The number of nitrogens with zero attached hydrogens (tertiary/aromatic N) is 1. The van der Waals surface area contributed by atoms with Gasteiger partial charge in [0, 0.05) is 18.0 Å². The quantitative estimate of drug-likeness (QED) is 0.664. The summed E-state index contributed by atoms with van der Waals surface area (Å²) in [5.41, 5.74) is 0. The Kier molecular flexibility index (Phi) is 7.51. The predicted molar refractivity (Wildman–Crippen MR) is 114 cm³/mol. The molecule has 0 unspecified atom stereocenters. The Labute approximate surface area is 172 Å². The van der Waals surface area contributed by atoms with Gasteiger partial charge >= 0.3 is 0 Å². The Morgan fingerprint density at radius 2 is 1.89 bits per heavy atom. The number of thiophene rings is 1. The topological polar surface area (TPSA) is 58.6 Å². The van der Waals surface area contributed by atoms with Crippen molar-refractivity contribution in [1.82, 2.24) is 9.62 Å². The molecule has 0 amide bonds. The first-order chi connectivity index (χ1) is 13.4. The summed E-state index contributed by atoms with van der Waals surface area (Å²) in [6.45, 7) is 8.32. The largest absolute Gasteiger partial charge is 0.493 e. The van der Waals surface area contributed by atoms with E-state index in [0.29, 0.717) is 35.6 Å².